The van der Waals surface area contributed by atoms with Gasteiger partial charge in [0.25, 0.3) is 6.33 Å². The largest absolute Gasteiger partial charge is 0.469 e. The van der Waals surface area contributed by atoms with Gasteiger partial charge in [0, 0.05) is 6.07 Å². The topological polar surface area (TPSA) is 105 Å². The monoisotopic (exact) mass is 284 g/mol. The molecular formula is C12H18N3O5+. The molecule has 0 aliphatic heterocycles. The lowest BCUT2D eigenvalue weighted by Gasteiger charge is -2.14. The molecule has 20 heavy (non-hydrogen) atoms. The smallest absolute Gasteiger partial charge is 0.308 e. The molecule has 0 aliphatic rings. The zero-order valence-corrected chi connectivity index (χ0v) is 11.4. The molecule has 2 N–H and O–H groups in total. The number of rotatable bonds is 7. The molecule has 1 rings (SSSR count). The third-order valence-electron chi connectivity index (χ3n) is 2.50. The Kier molecular flexibility index (Phi) is 6.38. The Morgan fingerprint density at radius 1 is 1.30 bits per heavy atom. The fourth-order valence-corrected chi connectivity index (χ4v) is 1.39. The minimum Gasteiger partial charge on any atom is -0.469 e. The Bertz CT molecular complexity index is 431. The van der Waals surface area contributed by atoms with Gasteiger partial charge in [-0.2, -0.15) is 0 Å². The second-order valence-corrected chi connectivity index (χ2v) is 3.98. The van der Waals surface area contributed by atoms with Gasteiger partial charge in [0.2, 0.25) is 5.82 Å². The van der Waals surface area contributed by atoms with Crippen LogP contribution < -0.4 is 10.3 Å². The van der Waals surface area contributed by atoms with Crippen LogP contribution in [0.2, 0.25) is 0 Å². The number of anilines is 1. The van der Waals surface area contributed by atoms with Crippen LogP contribution in [0.15, 0.2) is 18.6 Å². The standard InChI is InChI=1S/C12H17N3O5/c1-18-11(16)5-9(6-12(17)19-2)20-8-15-4-3-10(13)14-7-15/h3-4,7,9,13H,5-6,8H2,1-2H3/p+1. The van der Waals surface area contributed by atoms with E-state index in [9.17, 15) is 9.59 Å². The Morgan fingerprint density at radius 2 is 1.90 bits per heavy atom. The maximum atomic E-state index is 11.3. The Morgan fingerprint density at radius 3 is 2.35 bits per heavy atom. The molecule has 8 heteroatoms. The Balaban J connectivity index is 2.56. The summed E-state index contributed by atoms with van der Waals surface area (Å²) < 4.78 is 16.2. The maximum Gasteiger partial charge on any atom is 0.308 e. The highest BCUT2D eigenvalue weighted by Gasteiger charge is 2.20. The normalized spacial score (nSPS) is 10.3. The highest BCUT2D eigenvalue weighted by molar-refractivity contribution is 5.73. The fraction of sp³-hybridized carbons (Fsp3) is 0.500. The van der Waals surface area contributed by atoms with Crippen molar-refractivity contribution in [3.05, 3.63) is 18.6 Å². The molecular weight excluding hydrogens is 266 g/mol. The van der Waals surface area contributed by atoms with Crippen molar-refractivity contribution in [2.45, 2.75) is 25.7 Å². The summed E-state index contributed by atoms with van der Waals surface area (Å²) >= 11 is 0. The highest BCUT2D eigenvalue weighted by Crippen LogP contribution is 2.06. The van der Waals surface area contributed by atoms with Crippen molar-refractivity contribution < 1.29 is 28.4 Å². The summed E-state index contributed by atoms with van der Waals surface area (Å²) in [6, 6.07) is 1.61. The van der Waals surface area contributed by atoms with Gasteiger partial charge in [0.1, 0.15) is 0 Å². The third-order valence-corrected chi connectivity index (χ3v) is 2.50. The van der Waals surface area contributed by atoms with E-state index in [0.717, 1.165) is 0 Å². The molecule has 1 aromatic rings. The molecule has 0 radical (unpaired) electrons. The minimum absolute atomic E-state index is 0.0332. The molecule has 0 saturated carbocycles. The van der Waals surface area contributed by atoms with Crippen LogP contribution in [0.3, 0.4) is 0 Å². The van der Waals surface area contributed by atoms with Crippen molar-refractivity contribution in [2.24, 2.45) is 0 Å². The minimum atomic E-state index is -0.625. The number of carbonyl (C=O) groups is 2. The molecule has 0 atom stereocenters. The van der Waals surface area contributed by atoms with Crippen molar-refractivity contribution in [1.82, 2.24) is 4.98 Å². The van der Waals surface area contributed by atoms with Gasteiger partial charge in [-0.05, 0) is 4.98 Å². The molecule has 0 spiro atoms. The lowest BCUT2D eigenvalue weighted by atomic mass is 10.2. The van der Waals surface area contributed by atoms with Crippen molar-refractivity contribution in [2.75, 3.05) is 20.0 Å². The second kappa shape index (κ2) is 8.05. The Hall–Kier alpha value is -2.22. The summed E-state index contributed by atoms with van der Waals surface area (Å²) in [5.74, 6) is -0.527. The summed E-state index contributed by atoms with van der Waals surface area (Å²) in [7, 11) is 2.55. The zero-order chi connectivity index (χ0) is 15.0. The maximum absolute atomic E-state index is 11.3. The molecule has 0 aliphatic carbocycles. The first-order chi connectivity index (χ1) is 9.55. The molecule has 0 fully saturated rings. The number of hydrogen-bond acceptors (Lipinski definition) is 7. The molecule has 1 heterocycles. The predicted octanol–water partition coefficient (Wildman–Crippen LogP) is -0.580. The van der Waals surface area contributed by atoms with E-state index < -0.39 is 18.0 Å². The van der Waals surface area contributed by atoms with E-state index >= 15 is 0 Å². The van der Waals surface area contributed by atoms with Crippen LogP contribution >= 0.6 is 0 Å². The van der Waals surface area contributed by atoms with Crippen LogP contribution in [-0.4, -0.2) is 37.2 Å². The van der Waals surface area contributed by atoms with Gasteiger partial charge in [0.15, 0.2) is 6.73 Å². The van der Waals surface area contributed by atoms with Gasteiger partial charge >= 0.3 is 11.9 Å². The van der Waals surface area contributed by atoms with E-state index in [0.29, 0.717) is 5.82 Å². The van der Waals surface area contributed by atoms with Crippen LogP contribution in [-0.2, 0) is 30.5 Å². The summed E-state index contributed by atoms with van der Waals surface area (Å²) in [6.07, 6.45) is 2.47. The van der Waals surface area contributed by atoms with E-state index in [1.165, 1.54) is 20.5 Å². The fourth-order valence-electron chi connectivity index (χ4n) is 1.39. The SMILES string of the molecule is COC(=O)CC(CC(=O)OC)OC[n+]1ccc(N)nc1. The number of carbonyl (C=O) groups excluding carboxylic acids is 2. The van der Waals surface area contributed by atoms with E-state index in [1.807, 2.05) is 0 Å². The van der Waals surface area contributed by atoms with Gasteiger partial charge in [-0.15, -0.1) is 0 Å². The van der Waals surface area contributed by atoms with Crippen LogP contribution in [0.5, 0.6) is 0 Å². The van der Waals surface area contributed by atoms with Gasteiger partial charge in [0.05, 0.1) is 39.4 Å². The molecule has 0 bridgehead atoms. The number of nitrogens with two attached hydrogens (primary N) is 1. The van der Waals surface area contributed by atoms with Crippen LogP contribution in [0.25, 0.3) is 0 Å². The number of nitrogen functional groups attached to an aromatic ring is 1. The molecule has 1 aromatic heterocycles. The van der Waals surface area contributed by atoms with Crippen molar-refractivity contribution in [1.29, 1.82) is 0 Å². The first-order valence-corrected chi connectivity index (χ1v) is 5.91. The number of esters is 2. The summed E-state index contributed by atoms with van der Waals surface area (Å²) in [5, 5.41) is 0. The lowest BCUT2D eigenvalue weighted by molar-refractivity contribution is -0.737. The molecule has 0 unspecified atom stereocenters. The molecule has 0 aromatic carbocycles. The molecule has 0 saturated heterocycles. The van der Waals surface area contributed by atoms with E-state index in [-0.39, 0.29) is 19.6 Å². The summed E-state index contributed by atoms with van der Waals surface area (Å²) in [4.78, 5) is 26.4. The summed E-state index contributed by atoms with van der Waals surface area (Å²) in [5.41, 5.74) is 5.46. The third kappa shape index (κ3) is 5.61. The van der Waals surface area contributed by atoms with E-state index in [4.69, 9.17) is 10.5 Å². The lowest BCUT2D eigenvalue weighted by Crippen LogP contribution is -2.38. The quantitative estimate of drug-likeness (QED) is 0.527. The van der Waals surface area contributed by atoms with Gasteiger partial charge in [-0.1, -0.05) is 0 Å². The van der Waals surface area contributed by atoms with Crippen molar-refractivity contribution >= 4 is 17.8 Å². The first kappa shape index (κ1) is 15.8. The number of nitrogens with zero attached hydrogens (tertiary/aromatic N) is 2. The highest BCUT2D eigenvalue weighted by atomic mass is 16.5. The van der Waals surface area contributed by atoms with Crippen LogP contribution in [0.4, 0.5) is 5.82 Å². The van der Waals surface area contributed by atoms with Crippen LogP contribution in [0, 0.1) is 0 Å². The molecule has 110 valence electrons. The zero-order valence-electron chi connectivity index (χ0n) is 11.4. The van der Waals surface area contributed by atoms with E-state index in [1.54, 1.807) is 16.8 Å². The van der Waals surface area contributed by atoms with Gasteiger partial charge in [-0.3, -0.25) is 9.59 Å². The number of hydrogen-bond donors (Lipinski definition) is 1. The average Bonchev–Trinajstić information content (AvgIpc) is 2.46. The van der Waals surface area contributed by atoms with E-state index in [2.05, 4.69) is 14.5 Å². The number of methoxy groups -OCH3 is 2. The average molecular weight is 284 g/mol. The second-order valence-electron chi connectivity index (χ2n) is 3.98. The van der Waals surface area contributed by atoms with Crippen LogP contribution in [0.1, 0.15) is 12.8 Å². The first-order valence-electron chi connectivity index (χ1n) is 5.91. The molecule has 0 amide bonds. The van der Waals surface area contributed by atoms with Gasteiger partial charge in [-0.25, -0.2) is 4.57 Å². The number of aromatic nitrogens is 2. The summed E-state index contributed by atoms with van der Waals surface area (Å²) in [6.45, 7) is 0.131. The van der Waals surface area contributed by atoms with Crippen molar-refractivity contribution in [3.8, 4) is 0 Å². The van der Waals surface area contributed by atoms with Gasteiger partial charge < -0.3 is 19.9 Å². The number of ether oxygens (including phenoxy) is 3. The van der Waals surface area contributed by atoms with Crippen molar-refractivity contribution in [3.63, 3.8) is 0 Å². The molecule has 8 nitrogen and oxygen atoms in total. The predicted molar refractivity (Wildman–Crippen MR) is 67.0 cm³/mol. The Labute approximate surface area is 116 Å².